The van der Waals surface area contributed by atoms with Crippen LogP contribution in [0.5, 0.6) is 5.75 Å². The summed E-state index contributed by atoms with van der Waals surface area (Å²) in [5.74, 6) is 0.673. The highest BCUT2D eigenvalue weighted by Gasteiger charge is 2.14. The van der Waals surface area contributed by atoms with Crippen molar-refractivity contribution in [1.29, 1.82) is 0 Å². The van der Waals surface area contributed by atoms with E-state index in [-0.39, 0.29) is 12.6 Å². The molecule has 0 saturated carbocycles. The Kier molecular flexibility index (Phi) is 6.62. The molecule has 2 unspecified atom stereocenters. The number of ether oxygens (including phenoxy) is 2. The van der Waals surface area contributed by atoms with Crippen molar-refractivity contribution >= 4 is 5.69 Å². The van der Waals surface area contributed by atoms with Gasteiger partial charge in [-0.05, 0) is 26.1 Å². The van der Waals surface area contributed by atoms with Crippen LogP contribution in [-0.2, 0) is 4.74 Å². The summed E-state index contributed by atoms with van der Waals surface area (Å²) in [7, 11) is 3.62. The van der Waals surface area contributed by atoms with E-state index in [1.165, 1.54) is 0 Å². The molecule has 0 saturated heterocycles. The largest absolute Gasteiger partial charge is 0.491 e. The predicted molar refractivity (Wildman–Crippen MR) is 76.3 cm³/mol. The number of benzene rings is 1. The van der Waals surface area contributed by atoms with Crippen LogP contribution in [0.15, 0.2) is 24.3 Å². The Bertz CT molecular complexity index is 373. The maximum atomic E-state index is 9.93. The topological polar surface area (TPSA) is 68.0 Å². The molecule has 0 spiro atoms. The smallest absolute Gasteiger partial charge is 0.121 e. The monoisotopic (exact) mass is 268 g/mol. The van der Waals surface area contributed by atoms with Gasteiger partial charge in [0.15, 0.2) is 0 Å². The molecule has 1 aromatic carbocycles. The second kappa shape index (κ2) is 7.99. The van der Waals surface area contributed by atoms with Crippen LogP contribution in [0, 0.1) is 0 Å². The van der Waals surface area contributed by atoms with Crippen LogP contribution >= 0.6 is 0 Å². The number of anilines is 1. The minimum absolute atomic E-state index is 0.244. The highest BCUT2D eigenvalue weighted by atomic mass is 16.5. The summed E-state index contributed by atoms with van der Waals surface area (Å²) < 4.78 is 10.6. The zero-order valence-corrected chi connectivity index (χ0v) is 11.9. The van der Waals surface area contributed by atoms with Gasteiger partial charge in [0, 0.05) is 31.5 Å². The van der Waals surface area contributed by atoms with E-state index in [4.69, 9.17) is 15.2 Å². The Hall–Kier alpha value is -1.30. The first kappa shape index (κ1) is 15.8. The molecule has 1 rings (SSSR count). The van der Waals surface area contributed by atoms with Gasteiger partial charge >= 0.3 is 0 Å². The minimum Gasteiger partial charge on any atom is -0.491 e. The molecule has 5 heteroatoms. The summed E-state index contributed by atoms with van der Waals surface area (Å²) in [6.07, 6.45) is -0.550. The Morgan fingerprint density at radius 3 is 2.74 bits per heavy atom. The number of rotatable bonds is 8. The van der Waals surface area contributed by atoms with E-state index in [9.17, 15) is 5.11 Å². The molecule has 2 atom stereocenters. The van der Waals surface area contributed by atoms with Gasteiger partial charge in [-0.15, -0.1) is 0 Å². The predicted octanol–water partition coefficient (Wildman–Crippen LogP) is 0.975. The summed E-state index contributed by atoms with van der Waals surface area (Å²) in [5, 5.41) is 9.93. The number of hydrogen-bond acceptors (Lipinski definition) is 5. The van der Waals surface area contributed by atoms with Crippen molar-refractivity contribution in [2.24, 2.45) is 0 Å². The van der Waals surface area contributed by atoms with Gasteiger partial charge in [-0.3, -0.25) is 4.90 Å². The van der Waals surface area contributed by atoms with Crippen LogP contribution < -0.4 is 10.5 Å². The van der Waals surface area contributed by atoms with Crippen LogP contribution in [0.1, 0.15) is 6.92 Å². The van der Waals surface area contributed by atoms with Crippen molar-refractivity contribution in [1.82, 2.24) is 4.90 Å². The number of nitrogens with two attached hydrogens (primary N) is 1. The summed E-state index contributed by atoms with van der Waals surface area (Å²) in [4.78, 5) is 2.04. The quantitative estimate of drug-likeness (QED) is 0.688. The van der Waals surface area contributed by atoms with Crippen molar-refractivity contribution in [3.05, 3.63) is 24.3 Å². The fourth-order valence-electron chi connectivity index (χ4n) is 1.73. The molecule has 3 N–H and O–H groups in total. The Morgan fingerprint density at radius 1 is 1.37 bits per heavy atom. The third-order valence-electron chi connectivity index (χ3n) is 2.96. The molecule has 0 amide bonds. The van der Waals surface area contributed by atoms with E-state index in [2.05, 4.69) is 6.92 Å². The first-order chi connectivity index (χ1) is 9.02. The summed E-state index contributed by atoms with van der Waals surface area (Å²) in [6.45, 7) is 3.47. The van der Waals surface area contributed by atoms with E-state index in [0.29, 0.717) is 24.6 Å². The third-order valence-corrected chi connectivity index (χ3v) is 2.96. The fraction of sp³-hybridized carbons (Fsp3) is 0.571. The van der Waals surface area contributed by atoms with E-state index >= 15 is 0 Å². The number of aliphatic hydroxyl groups excluding tert-OH is 1. The zero-order chi connectivity index (χ0) is 14.3. The van der Waals surface area contributed by atoms with Crippen LogP contribution in [-0.4, -0.2) is 56.1 Å². The Morgan fingerprint density at radius 2 is 2.11 bits per heavy atom. The maximum absolute atomic E-state index is 9.93. The molecule has 0 heterocycles. The molecular formula is C14H24N2O3. The van der Waals surface area contributed by atoms with Gasteiger partial charge < -0.3 is 20.3 Å². The van der Waals surface area contributed by atoms with Gasteiger partial charge in [0.2, 0.25) is 0 Å². The fourth-order valence-corrected chi connectivity index (χ4v) is 1.73. The van der Waals surface area contributed by atoms with Crippen molar-refractivity contribution in [3.63, 3.8) is 0 Å². The minimum atomic E-state index is -0.550. The molecule has 0 radical (unpaired) electrons. The molecule has 108 valence electrons. The van der Waals surface area contributed by atoms with Crippen LogP contribution in [0.4, 0.5) is 5.69 Å². The van der Waals surface area contributed by atoms with Gasteiger partial charge in [0.1, 0.15) is 18.5 Å². The lowest BCUT2D eigenvalue weighted by Gasteiger charge is -2.26. The molecule has 19 heavy (non-hydrogen) atoms. The van der Waals surface area contributed by atoms with Gasteiger partial charge in [-0.2, -0.15) is 0 Å². The first-order valence-corrected chi connectivity index (χ1v) is 6.38. The summed E-state index contributed by atoms with van der Waals surface area (Å²) >= 11 is 0. The Balaban J connectivity index is 2.33. The highest BCUT2D eigenvalue weighted by Crippen LogP contribution is 2.14. The standard InChI is InChI=1S/C14H24N2O3/c1-11(9-18-3)16(2)8-13(17)10-19-14-6-4-5-12(15)7-14/h4-7,11,13,17H,8-10,15H2,1-3H3. The van der Waals surface area contributed by atoms with Gasteiger partial charge in [-0.1, -0.05) is 6.07 Å². The summed E-state index contributed by atoms with van der Waals surface area (Å²) in [5.41, 5.74) is 6.30. The van der Waals surface area contributed by atoms with Crippen molar-refractivity contribution in [2.75, 3.05) is 39.6 Å². The zero-order valence-electron chi connectivity index (χ0n) is 11.9. The molecule has 0 aliphatic carbocycles. The second-order valence-electron chi connectivity index (χ2n) is 4.78. The highest BCUT2D eigenvalue weighted by molar-refractivity contribution is 5.43. The van der Waals surface area contributed by atoms with Gasteiger partial charge in [0.05, 0.1) is 6.61 Å². The lowest BCUT2D eigenvalue weighted by atomic mass is 10.2. The van der Waals surface area contributed by atoms with E-state index in [0.717, 1.165) is 0 Å². The number of aliphatic hydroxyl groups is 1. The second-order valence-corrected chi connectivity index (χ2v) is 4.78. The normalized spacial score (nSPS) is 14.4. The van der Waals surface area contributed by atoms with Crippen LogP contribution in [0.25, 0.3) is 0 Å². The number of methoxy groups -OCH3 is 1. The lowest BCUT2D eigenvalue weighted by molar-refractivity contribution is 0.0466. The number of likely N-dealkylation sites (N-methyl/N-ethyl adjacent to an activating group) is 1. The number of nitrogens with zero attached hydrogens (tertiary/aromatic N) is 1. The van der Waals surface area contributed by atoms with Crippen LogP contribution in [0.2, 0.25) is 0 Å². The third kappa shape index (κ3) is 5.92. The maximum Gasteiger partial charge on any atom is 0.121 e. The van der Waals surface area contributed by atoms with Crippen molar-refractivity contribution in [2.45, 2.75) is 19.1 Å². The molecular weight excluding hydrogens is 244 g/mol. The van der Waals surface area contributed by atoms with Crippen molar-refractivity contribution < 1.29 is 14.6 Å². The molecule has 0 fully saturated rings. The SMILES string of the molecule is COCC(C)N(C)CC(O)COc1cccc(N)c1. The van der Waals surface area contributed by atoms with Gasteiger partial charge in [-0.25, -0.2) is 0 Å². The first-order valence-electron chi connectivity index (χ1n) is 6.38. The Labute approximate surface area is 114 Å². The number of hydrogen-bond donors (Lipinski definition) is 2. The van der Waals surface area contributed by atoms with E-state index < -0.39 is 6.10 Å². The number of nitrogen functional groups attached to an aromatic ring is 1. The van der Waals surface area contributed by atoms with E-state index in [1.807, 2.05) is 24.1 Å². The molecule has 5 nitrogen and oxygen atoms in total. The molecule has 0 aliphatic heterocycles. The lowest BCUT2D eigenvalue weighted by Crippen LogP contribution is -2.40. The molecule has 0 aromatic heterocycles. The average molecular weight is 268 g/mol. The van der Waals surface area contributed by atoms with Crippen molar-refractivity contribution in [3.8, 4) is 5.75 Å². The van der Waals surface area contributed by atoms with Crippen LogP contribution in [0.3, 0.4) is 0 Å². The van der Waals surface area contributed by atoms with Gasteiger partial charge in [0.25, 0.3) is 0 Å². The average Bonchev–Trinajstić information content (AvgIpc) is 2.36. The molecule has 1 aromatic rings. The molecule has 0 aliphatic rings. The summed E-state index contributed by atoms with van der Waals surface area (Å²) in [6, 6.07) is 7.43. The van der Waals surface area contributed by atoms with E-state index in [1.54, 1.807) is 19.2 Å². The molecule has 0 bridgehead atoms.